The smallest absolute Gasteiger partial charge is 0.317 e. The van der Waals surface area contributed by atoms with Crippen LogP contribution in [-0.2, 0) is 12.1 Å². The van der Waals surface area contributed by atoms with Crippen LogP contribution in [0.5, 0.6) is 0 Å². The van der Waals surface area contributed by atoms with Crippen LogP contribution in [0.1, 0.15) is 11.1 Å². The molecule has 0 bridgehead atoms. The zero-order chi connectivity index (χ0) is 18.3. The van der Waals surface area contributed by atoms with Gasteiger partial charge in [0, 0.05) is 12.1 Å². The number of urea groups is 1. The molecule has 1 fully saturated rings. The zero-order valence-corrected chi connectivity index (χ0v) is 14.5. The Labute approximate surface area is 151 Å². The van der Waals surface area contributed by atoms with Crippen molar-refractivity contribution in [2.75, 3.05) is 13.1 Å². The van der Waals surface area contributed by atoms with Crippen LogP contribution in [0.3, 0.4) is 0 Å². The van der Waals surface area contributed by atoms with Crippen LogP contribution >= 0.6 is 11.3 Å². The normalized spacial score (nSPS) is 15.7. The monoisotopic (exact) mass is 373 g/mol. The molecule has 3 heterocycles. The highest BCUT2D eigenvalue weighted by Crippen LogP contribution is 2.33. The van der Waals surface area contributed by atoms with Crippen molar-refractivity contribution in [3.63, 3.8) is 0 Å². The van der Waals surface area contributed by atoms with E-state index in [0.29, 0.717) is 16.5 Å². The number of likely N-dealkylation sites (tertiary alicyclic amines) is 1. The standard InChI is InChI=1S/C18H16FN3O3S/c19-14-2-1-11-5-12(16(23)21-15(11)6-14)7-20-17(24)22-9-18(25,10-22)13-3-4-26-8-13/h1-6,8,25H,7,9-10H2,(H,20,24)(H,21,23). The molecule has 4 rings (SSSR count). The third kappa shape index (κ3) is 2.97. The van der Waals surface area contributed by atoms with E-state index in [1.165, 1.54) is 28.4 Å². The fourth-order valence-corrected chi connectivity index (χ4v) is 3.82. The number of H-pyrrole nitrogens is 1. The summed E-state index contributed by atoms with van der Waals surface area (Å²) in [7, 11) is 0. The van der Waals surface area contributed by atoms with Gasteiger partial charge in [-0.15, -0.1) is 0 Å². The molecule has 26 heavy (non-hydrogen) atoms. The Balaban J connectivity index is 1.41. The van der Waals surface area contributed by atoms with Gasteiger partial charge >= 0.3 is 6.03 Å². The average Bonchev–Trinajstić information content (AvgIpc) is 3.12. The number of amides is 2. The van der Waals surface area contributed by atoms with Gasteiger partial charge in [0.25, 0.3) is 5.56 Å². The molecule has 6 nitrogen and oxygen atoms in total. The molecule has 8 heteroatoms. The molecule has 0 aliphatic carbocycles. The minimum absolute atomic E-state index is 0.0505. The molecule has 0 unspecified atom stereocenters. The topological polar surface area (TPSA) is 85.4 Å². The van der Waals surface area contributed by atoms with Crippen molar-refractivity contribution in [2.24, 2.45) is 0 Å². The molecule has 1 aliphatic rings. The van der Waals surface area contributed by atoms with Crippen LogP contribution in [0.25, 0.3) is 10.9 Å². The van der Waals surface area contributed by atoms with E-state index in [2.05, 4.69) is 10.3 Å². The minimum Gasteiger partial charge on any atom is -0.381 e. The number of benzene rings is 1. The number of aromatic nitrogens is 1. The van der Waals surface area contributed by atoms with E-state index in [-0.39, 0.29) is 31.2 Å². The first-order chi connectivity index (χ1) is 12.4. The Morgan fingerprint density at radius 1 is 1.35 bits per heavy atom. The Bertz CT molecular complexity index is 1030. The second kappa shape index (κ2) is 6.22. The maximum atomic E-state index is 13.2. The van der Waals surface area contributed by atoms with E-state index in [4.69, 9.17) is 0 Å². The molecule has 2 amide bonds. The summed E-state index contributed by atoms with van der Waals surface area (Å²) in [5, 5.41) is 17.6. The van der Waals surface area contributed by atoms with E-state index in [1.807, 2.05) is 16.8 Å². The lowest BCUT2D eigenvalue weighted by atomic mass is 9.88. The van der Waals surface area contributed by atoms with Gasteiger partial charge in [0.1, 0.15) is 11.4 Å². The molecule has 1 saturated heterocycles. The van der Waals surface area contributed by atoms with Crippen molar-refractivity contribution in [3.8, 4) is 0 Å². The summed E-state index contributed by atoms with van der Waals surface area (Å²) >= 11 is 1.50. The summed E-state index contributed by atoms with van der Waals surface area (Å²) in [6.45, 7) is 0.473. The van der Waals surface area contributed by atoms with Crippen LogP contribution in [0.4, 0.5) is 9.18 Å². The fourth-order valence-electron chi connectivity index (χ4n) is 3.07. The molecule has 2 aromatic heterocycles. The van der Waals surface area contributed by atoms with E-state index in [9.17, 15) is 19.1 Å². The van der Waals surface area contributed by atoms with Gasteiger partial charge in [0.2, 0.25) is 0 Å². The van der Waals surface area contributed by atoms with Crippen molar-refractivity contribution in [3.05, 3.63) is 68.4 Å². The molecule has 0 saturated carbocycles. The molecule has 1 aliphatic heterocycles. The predicted octanol–water partition coefficient (Wildman–Crippen LogP) is 2.14. The Morgan fingerprint density at radius 2 is 2.15 bits per heavy atom. The lowest BCUT2D eigenvalue weighted by Crippen LogP contribution is -2.63. The first-order valence-corrected chi connectivity index (χ1v) is 8.98. The second-order valence-electron chi connectivity index (χ2n) is 6.41. The molecule has 134 valence electrons. The number of fused-ring (bicyclic) bond motifs is 1. The quantitative estimate of drug-likeness (QED) is 0.658. The summed E-state index contributed by atoms with van der Waals surface area (Å²) in [6.07, 6.45) is 0. The van der Waals surface area contributed by atoms with Gasteiger partial charge in [-0.05, 0) is 52.0 Å². The SMILES string of the molecule is O=C(NCc1cc2ccc(F)cc2[nH]c1=O)N1CC(O)(c2ccsc2)C1. The Kier molecular flexibility index (Phi) is 4.01. The van der Waals surface area contributed by atoms with Gasteiger partial charge in [-0.25, -0.2) is 9.18 Å². The highest BCUT2D eigenvalue weighted by Gasteiger charge is 2.45. The Morgan fingerprint density at radius 3 is 2.88 bits per heavy atom. The number of hydrogen-bond donors (Lipinski definition) is 3. The van der Waals surface area contributed by atoms with Gasteiger partial charge in [0.05, 0.1) is 18.6 Å². The summed E-state index contributed by atoms with van der Waals surface area (Å²) in [4.78, 5) is 28.4. The summed E-state index contributed by atoms with van der Waals surface area (Å²) in [5.74, 6) is -0.426. The molecule has 0 radical (unpaired) electrons. The number of aliphatic hydroxyl groups is 1. The van der Waals surface area contributed by atoms with Gasteiger partial charge in [-0.3, -0.25) is 4.79 Å². The largest absolute Gasteiger partial charge is 0.381 e. The molecular formula is C18H16FN3O3S. The van der Waals surface area contributed by atoms with Crippen LogP contribution in [0.15, 0.2) is 45.9 Å². The van der Waals surface area contributed by atoms with E-state index in [0.717, 1.165) is 5.56 Å². The summed E-state index contributed by atoms with van der Waals surface area (Å²) < 4.78 is 13.2. The van der Waals surface area contributed by atoms with Gasteiger partial charge in [-0.1, -0.05) is 0 Å². The molecule has 3 aromatic rings. The lowest BCUT2D eigenvalue weighted by molar-refractivity contribution is -0.0813. The number of nitrogens with one attached hydrogen (secondary N) is 2. The highest BCUT2D eigenvalue weighted by atomic mass is 32.1. The number of hydrogen-bond acceptors (Lipinski definition) is 4. The van der Waals surface area contributed by atoms with Crippen LogP contribution in [0.2, 0.25) is 0 Å². The maximum Gasteiger partial charge on any atom is 0.317 e. The molecular weight excluding hydrogens is 357 g/mol. The van der Waals surface area contributed by atoms with E-state index < -0.39 is 11.4 Å². The number of β-amino-alcohol motifs (C(OH)–C–C–N with tert-alkyl or cyclic N) is 1. The summed E-state index contributed by atoms with van der Waals surface area (Å²) in [5.41, 5.74) is 0.230. The van der Waals surface area contributed by atoms with Crippen molar-refractivity contribution in [1.82, 2.24) is 15.2 Å². The van der Waals surface area contributed by atoms with Crippen molar-refractivity contribution in [2.45, 2.75) is 12.1 Å². The fraction of sp³-hybridized carbons (Fsp3) is 0.222. The maximum absolute atomic E-state index is 13.2. The number of aromatic amines is 1. The lowest BCUT2D eigenvalue weighted by Gasteiger charge is -2.46. The molecule has 3 N–H and O–H groups in total. The molecule has 1 aromatic carbocycles. The van der Waals surface area contributed by atoms with Crippen LogP contribution < -0.4 is 10.9 Å². The third-order valence-corrected chi connectivity index (χ3v) is 5.25. The number of nitrogens with zero attached hydrogens (tertiary/aromatic N) is 1. The average molecular weight is 373 g/mol. The molecule has 0 spiro atoms. The number of thiophene rings is 1. The van der Waals surface area contributed by atoms with Crippen LogP contribution in [0, 0.1) is 5.82 Å². The predicted molar refractivity (Wildman–Crippen MR) is 96.6 cm³/mol. The van der Waals surface area contributed by atoms with E-state index in [1.54, 1.807) is 12.1 Å². The minimum atomic E-state index is -0.998. The number of halogens is 1. The third-order valence-electron chi connectivity index (χ3n) is 4.57. The first kappa shape index (κ1) is 16.7. The highest BCUT2D eigenvalue weighted by molar-refractivity contribution is 7.08. The number of pyridine rings is 1. The van der Waals surface area contributed by atoms with Crippen molar-refractivity contribution < 1.29 is 14.3 Å². The van der Waals surface area contributed by atoms with Crippen LogP contribution in [-0.4, -0.2) is 34.1 Å². The zero-order valence-electron chi connectivity index (χ0n) is 13.7. The first-order valence-electron chi connectivity index (χ1n) is 8.04. The number of carbonyl (C=O) groups excluding carboxylic acids is 1. The second-order valence-corrected chi connectivity index (χ2v) is 7.19. The van der Waals surface area contributed by atoms with Gasteiger partial charge in [-0.2, -0.15) is 11.3 Å². The number of rotatable bonds is 3. The Hall–Kier alpha value is -2.71. The van der Waals surface area contributed by atoms with E-state index >= 15 is 0 Å². The van der Waals surface area contributed by atoms with Crippen molar-refractivity contribution >= 4 is 28.3 Å². The number of carbonyl (C=O) groups is 1. The van der Waals surface area contributed by atoms with Gasteiger partial charge in [0.15, 0.2) is 0 Å². The molecule has 0 atom stereocenters. The van der Waals surface area contributed by atoms with Crippen molar-refractivity contribution in [1.29, 1.82) is 0 Å². The van der Waals surface area contributed by atoms with Gasteiger partial charge < -0.3 is 20.3 Å². The summed E-state index contributed by atoms with van der Waals surface area (Å²) in [6, 6.07) is 7.27.